The first kappa shape index (κ1) is 14.3. The number of nitrogens with zero attached hydrogens (tertiary/aromatic N) is 2. The topological polar surface area (TPSA) is 29.9 Å². The van der Waals surface area contributed by atoms with E-state index in [0.717, 1.165) is 12.8 Å². The van der Waals surface area contributed by atoms with Crippen LogP contribution in [0.2, 0.25) is 0 Å². The lowest BCUT2D eigenvalue weighted by Crippen LogP contribution is -2.34. The highest BCUT2D eigenvalue weighted by atomic mass is 15.2. The van der Waals surface area contributed by atoms with Crippen molar-refractivity contribution < 1.29 is 0 Å². The molecule has 0 radical (unpaired) electrons. The summed E-state index contributed by atoms with van der Waals surface area (Å²) < 4.78 is 1.99. The van der Waals surface area contributed by atoms with Crippen LogP contribution in [0.15, 0.2) is 36.5 Å². The Hall–Kier alpha value is -1.61. The van der Waals surface area contributed by atoms with Crippen molar-refractivity contribution in [3.05, 3.63) is 53.3 Å². The fourth-order valence-electron chi connectivity index (χ4n) is 3.71. The monoisotopic (exact) mass is 283 g/mol. The molecule has 0 spiro atoms. The van der Waals surface area contributed by atoms with Gasteiger partial charge in [0.1, 0.15) is 0 Å². The van der Waals surface area contributed by atoms with Gasteiger partial charge >= 0.3 is 0 Å². The van der Waals surface area contributed by atoms with Crippen LogP contribution in [0.5, 0.6) is 0 Å². The molecule has 0 saturated carbocycles. The molecule has 1 aliphatic carbocycles. The molecule has 3 rings (SSSR count). The minimum absolute atomic E-state index is 0.543. The molecule has 3 nitrogen and oxygen atoms in total. The molecule has 1 N–H and O–H groups in total. The van der Waals surface area contributed by atoms with Gasteiger partial charge in [-0.3, -0.25) is 4.68 Å². The fraction of sp³-hybridized carbons (Fsp3) is 0.500. The van der Waals surface area contributed by atoms with Crippen molar-refractivity contribution in [3.8, 4) is 0 Å². The van der Waals surface area contributed by atoms with Crippen molar-refractivity contribution >= 4 is 0 Å². The first-order valence-electron chi connectivity index (χ1n) is 8.01. The standard InChI is InChI=1S/C18H25N3/c1-19-18(11-10-15-12-13-20-21(15)2)17-9-5-7-14-6-3-4-8-16(14)17/h3-4,6,8,12-13,17-19H,5,7,9-11H2,1-2H3. The molecular weight excluding hydrogens is 258 g/mol. The van der Waals surface area contributed by atoms with Crippen LogP contribution in [0.4, 0.5) is 0 Å². The van der Waals surface area contributed by atoms with Crippen LogP contribution in [0.3, 0.4) is 0 Å². The van der Waals surface area contributed by atoms with E-state index < -0.39 is 0 Å². The second kappa shape index (κ2) is 6.44. The molecule has 2 unspecified atom stereocenters. The van der Waals surface area contributed by atoms with Gasteiger partial charge < -0.3 is 5.32 Å². The summed E-state index contributed by atoms with van der Waals surface area (Å²) in [6, 6.07) is 11.7. The third-order valence-electron chi connectivity index (χ3n) is 4.91. The van der Waals surface area contributed by atoms with Gasteiger partial charge in [-0.25, -0.2) is 0 Å². The van der Waals surface area contributed by atoms with Crippen LogP contribution < -0.4 is 5.32 Å². The third-order valence-corrected chi connectivity index (χ3v) is 4.91. The lowest BCUT2D eigenvalue weighted by atomic mass is 9.77. The summed E-state index contributed by atoms with van der Waals surface area (Å²) in [5.74, 6) is 0.646. The van der Waals surface area contributed by atoms with Crippen molar-refractivity contribution in [2.75, 3.05) is 7.05 Å². The summed E-state index contributed by atoms with van der Waals surface area (Å²) in [6.45, 7) is 0. The second-order valence-corrected chi connectivity index (χ2v) is 6.08. The quantitative estimate of drug-likeness (QED) is 0.914. The number of likely N-dealkylation sites (N-methyl/N-ethyl adjacent to an activating group) is 1. The number of nitrogens with one attached hydrogen (secondary N) is 1. The Bertz CT molecular complexity index is 588. The molecule has 2 aromatic rings. The van der Waals surface area contributed by atoms with E-state index in [2.05, 4.69) is 47.8 Å². The SMILES string of the molecule is CNC(CCc1ccnn1C)C1CCCc2ccccc21. The Morgan fingerprint density at radius 2 is 2.19 bits per heavy atom. The van der Waals surface area contributed by atoms with Gasteiger partial charge in [-0.05, 0) is 62.3 Å². The van der Waals surface area contributed by atoms with Gasteiger partial charge in [0.15, 0.2) is 0 Å². The van der Waals surface area contributed by atoms with E-state index in [0.29, 0.717) is 12.0 Å². The zero-order valence-electron chi connectivity index (χ0n) is 13.0. The van der Waals surface area contributed by atoms with E-state index in [4.69, 9.17) is 0 Å². The summed E-state index contributed by atoms with van der Waals surface area (Å²) >= 11 is 0. The Balaban J connectivity index is 1.73. The van der Waals surface area contributed by atoms with Crippen molar-refractivity contribution in [3.63, 3.8) is 0 Å². The maximum atomic E-state index is 4.27. The molecule has 1 aromatic heterocycles. The molecule has 0 bridgehead atoms. The average Bonchev–Trinajstić information content (AvgIpc) is 2.93. The lowest BCUT2D eigenvalue weighted by Gasteiger charge is -2.32. The van der Waals surface area contributed by atoms with Crippen LogP contribution >= 0.6 is 0 Å². The second-order valence-electron chi connectivity index (χ2n) is 6.08. The lowest BCUT2D eigenvalue weighted by molar-refractivity contribution is 0.391. The van der Waals surface area contributed by atoms with Crippen LogP contribution in [0.1, 0.15) is 42.0 Å². The van der Waals surface area contributed by atoms with Gasteiger partial charge in [0.25, 0.3) is 0 Å². The molecule has 0 fully saturated rings. The predicted molar refractivity (Wildman–Crippen MR) is 86.5 cm³/mol. The molecule has 1 heterocycles. The Kier molecular flexibility index (Phi) is 4.39. The normalized spacial score (nSPS) is 19.2. The summed E-state index contributed by atoms with van der Waals surface area (Å²) in [5, 5.41) is 7.83. The Morgan fingerprint density at radius 3 is 2.95 bits per heavy atom. The molecule has 0 saturated heterocycles. The largest absolute Gasteiger partial charge is 0.316 e. The number of rotatable bonds is 5. The van der Waals surface area contributed by atoms with Gasteiger partial charge in [-0.1, -0.05) is 24.3 Å². The van der Waals surface area contributed by atoms with E-state index >= 15 is 0 Å². The molecule has 2 atom stereocenters. The van der Waals surface area contributed by atoms with Crippen LogP contribution in [0.25, 0.3) is 0 Å². The minimum Gasteiger partial charge on any atom is -0.316 e. The first-order chi connectivity index (χ1) is 10.3. The van der Waals surface area contributed by atoms with Crippen LogP contribution in [-0.4, -0.2) is 22.9 Å². The van der Waals surface area contributed by atoms with E-state index in [1.54, 1.807) is 11.1 Å². The number of hydrogen-bond acceptors (Lipinski definition) is 2. The molecular formula is C18H25N3. The highest BCUT2D eigenvalue weighted by Gasteiger charge is 2.26. The zero-order chi connectivity index (χ0) is 14.7. The highest BCUT2D eigenvalue weighted by molar-refractivity contribution is 5.33. The first-order valence-corrected chi connectivity index (χ1v) is 8.01. The molecule has 0 amide bonds. The van der Waals surface area contributed by atoms with Gasteiger partial charge in [0, 0.05) is 25.0 Å². The van der Waals surface area contributed by atoms with Gasteiger partial charge in [0.05, 0.1) is 0 Å². The summed E-state index contributed by atoms with van der Waals surface area (Å²) in [7, 11) is 4.13. The van der Waals surface area contributed by atoms with Gasteiger partial charge in [-0.2, -0.15) is 5.10 Å². The maximum Gasteiger partial charge on any atom is 0.0492 e. The zero-order valence-corrected chi connectivity index (χ0v) is 13.0. The van der Waals surface area contributed by atoms with E-state index in [1.165, 1.54) is 25.0 Å². The van der Waals surface area contributed by atoms with E-state index in [1.807, 2.05) is 17.9 Å². The molecule has 1 aliphatic rings. The molecule has 21 heavy (non-hydrogen) atoms. The number of aryl methyl sites for hydroxylation is 3. The summed E-state index contributed by atoms with van der Waals surface area (Å²) in [6.07, 6.45) is 7.99. The van der Waals surface area contributed by atoms with Crippen molar-refractivity contribution in [1.29, 1.82) is 0 Å². The van der Waals surface area contributed by atoms with Crippen LogP contribution in [0, 0.1) is 0 Å². The van der Waals surface area contributed by atoms with Crippen LogP contribution in [-0.2, 0) is 19.9 Å². The van der Waals surface area contributed by atoms with E-state index in [9.17, 15) is 0 Å². The Labute approximate surface area is 127 Å². The Morgan fingerprint density at radius 1 is 1.33 bits per heavy atom. The van der Waals surface area contributed by atoms with Crippen molar-refractivity contribution in [1.82, 2.24) is 15.1 Å². The van der Waals surface area contributed by atoms with Gasteiger partial charge in [0.2, 0.25) is 0 Å². The van der Waals surface area contributed by atoms with Crippen molar-refractivity contribution in [2.24, 2.45) is 7.05 Å². The van der Waals surface area contributed by atoms with Gasteiger partial charge in [-0.15, -0.1) is 0 Å². The van der Waals surface area contributed by atoms with Crippen molar-refractivity contribution in [2.45, 2.75) is 44.1 Å². The summed E-state index contributed by atoms with van der Waals surface area (Å²) in [5.41, 5.74) is 4.43. The minimum atomic E-state index is 0.543. The fourth-order valence-corrected chi connectivity index (χ4v) is 3.71. The molecule has 0 aliphatic heterocycles. The van der Waals surface area contributed by atoms with E-state index in [-0.39, 0.29) is 0 Å². The molecule has 1 aromatic carbocycles. The highest BCUT2D eigenvalue weighted by Crippen LogP contribution is 2.35. The predicted octanol–water partition coefficient (Wildman–Crippen LogP) is 3.06. The number of hydrogen-bond donors (Lipinski definition) is 1. The average molecular weight is 283 g/mol. The number of benzene rings is 1. The third kappa shape index (κ3) is 3.03. The molecule has 112 valence electrons. The number of fused-ring (bicyclic) bond motifs is 1. The summed E-state index contributed by atoms with van der Waals surface area (Å²) in [4.78, 5) is 0. The maximum absolute atomic E-state index is 4.27. The number of aromatic nitrogens is 2. The molecule has 3 heteroatoms. The smallest absolute Gasteiger partial charge is 0.0492 e.